The average molecular weight is 392 g/mol. The van der Waals surface area contributed by atoms with Gasteiger partial charge in [-0.05, 0) is 31.0 Å². The van der Waals surface area contributed by atoms with Crippen molar-refractivity contribution in [1.82, 2.24) is 20.4 Å². The summed E-state index contributed by atoms with van der Waals surface area (Å²) < 4.78 is 31.8. The molecule has 1 atom stereocenters. The summed E-state index contributed by atoms with van der Waals surface area (Å²) in [5.74, 6) is 0.919. The van der Waals surface area contributed by atoms with Gasteiger partial charge >= 0.3 is 6.61 Å². The number of nitrogens with one attached hydrogen (secondary N) is 2. The van der Waals surface area contributed by atoms with Gasteiger partial charge in [-0.1, -0.05) is 12.1 Å². The molecule has 0 radical (unpaired) electrons. The number of benzene rings is 1. The summed E-state index contributed by atoms with van der Waals surface area (Å²) in [4.78, 5) is 6.32. The number of guanidine groups is 1. The summed E-state index contributed by atoms with van der Waals surface area (Å²) in [5, 5.41) is 10.9. The fourth-order valence-corrected chi connectivity index (χ4v) is 3.28. The van der Waals surface area contributed by atoms with E-state index in [-0.39, 0.29) is 11.8 Å². The van der Waals surface area contributed by atoms with Gasteiger partial charge in [0.15, 0.2) is 5.96 Å². The molecule has 2 aromatic rings. The van der Waals surface area contributed by atoms with Crippen LogP contribution in [-0.4, -0.2) is 55.1 Å². The van der Waals surface area contributed by atoms with Gasteiger partial charge < -0.3 is 20.3 Å². The molecule has 7 nitrogen and oxygen atoms in total. The van der Waals surface area contributed by atoms with E-state index >= 15 is 0 Å². The maximum absolute atomic E-state index is 12.6. The van der Waals surface area contributed by atoms with Crippen molar-refractivity contribution in [1.29, 1.82) is 0 Å². The topological polar surface area (TPSA) is 66.7 Å². The quantitative estimate of drug-likeness (QED) is 0.559. The third-order valence-electron chi connectivity index (χ3n) is 4.57. The van der Waals surface area contributed by atoms with Crippen molar-refractivity contribution in [3.63, 3.8) is 0 Å². The number of alkyl halides is 2. The molecule has 0 aliphatic carbocycles. The van der Waals surface area contributed by atoms with E-state index in [4.69, 9.17) is 0 Å². The van der Waals surface area contributed by atoms with Gasteiger partial charge in [0.25, 0.3) is 0 Å². The lowest BCUT2D eigenvalue weighted by molar-refractivity contribution is -0.0495. The molecule has 3 rings (SSSR count). The van der Waals surface area contributed by atoms with E-state index in [1.54, 1.807) is 25.2 Å². The van der Waals surface area contributed by atoms with Gasteiger partial charge in [0.2, 0.25) is 0 Å². The Labute approximate surface area is 163 Å². The Morgan fingerprint density at radius 1 is 1.39 bits per heavy atom. The van der Waals surface area contributed by atoms with Crippen LogP contribution in [0.3, 0.4) is 0 Å². The summed E-state index contributed by atoms with van der Waals surface area (Å²) >= 11 is 0. The Bertz CT molecular complexity index is 794. The Morgan fingerprint density at radius 3 is 2.93 bits per heavy atom. The minimum absolute atomic E-state index is 0.165. The van der Waals surface area contributed by atoms with Gasteiger partial charge in [-0.2, -0.15) is 13.9 Å². The molecule has 1 saturated heterocycles. The third kappa shape index (κ3) is 5.34. The summed E-state index contributed by atoms with van der Waals surface area (Å²) in [7, 11) is 1.73. The van der Waals surface area contributed by atoms with Gasteiger partial charge in [0.05, 0.1) is 18.4 Å². The highest BCUT2D eigenvalue weighted by molar-refractivity contribution is 5.80. The van der Waals surface area contributed by atoms with Crippen LogP contribution in [0.15, 0.2) is 41.7 Å². The van der Waals surface area contributed by atoms with Gasteiger partial charge in [-0.25, -0.2) is 0 Å². The van der Waals surface area contributed by atoms with Gasteiger partial charge in [-0.3, -0.25) is 9.67 Å². The van der Waals surface area contributed by atoms with E-state index in [2.05, 4.69) is 30.4 Å². The fourth-order valence-electron chi connectivity index (χ4n) is 3.28. The highest BCUT2D eigenvalue weighted by Crippen LogP contribution is 2.31. The highest BCUT2D eigenvalue weighted by Gasteiger charge is 2.25. The number of nitrogens with zero attached hydrogens (tertiary/aromatic N) is 4. The number of aliphatic imine (C=N–C) groups is 1. The van der Waals surface area contributed by atoms with E-state index in [1.807, 2.05) is 30.1 Å². The van der Waals surface area contributed by atoms with Crippen LogP contribution in [0.1, 0.15) is 12.0 Å². The van der Waals surface area contributed by atoms with Crippen molar-refractivity contribution >= 4 is 11.6 Å². The molecule has 152 valence electrons. The number of hydrogen-bond donors (Lipinski definition) is 2. The van der Waals surface area contributed by atoms with E-state index in [0.717, 1.165) is 25.1 Å². The standard InChI is InChI=1S/C19H26F2N6O/c1-14-11-24-27(12-14)10-8-23-19(22-2)25-15-7-9-26(13-15)16-5-3-4-6-17(16)28-18(20)21/h3-6,11-12,15,18H,7-10,13H2,1-2H3,(H2,22,23,25). The number of aromatic nitrogens is 2. The van der Waals surface area contributed by atoms with Gasteiger partial charge in [0, 0.05) is 38.9 Å². The Morgan fingerprint density at radius 2 is 2.21 bits per heavy atom. The molecule has 1 aliphatic rings. The predicted molar refractivity (Wildman–Crippen MR) is 105 cm³/mol. The number of aryl methyl sites for hydroxylation is 1. The molecule has 1 aromatic heterocycles. The lowest BCUT2D eigenvalue weighted by Crippen LogP contribution is -2.45. The van der Waals surface area contributed by atoms with Crippen LogP contribution in [0.25, 0.3) is 0 Å². The summed E-state index contributed by atoms with van der Waals surface area (Å²) in [6.07, 6.45) is 4.70. The Kier molecular flexibility index (Phi) is 6.67. The van der Waals surface area contributed by atoms with E-state index in [0.29, 0.717) is 24.7 Å². The molecule has 28 heavy (non-hydrogen) atoms. The summed E-state index contributed by atoms with van der Waals surface area (Å²) in [5.41, 5.74) is 1.81. The van der Waals surface area contributed by atoms with E-state index < -0.39 is 6.61 Å². The largest absolute Gasteiger partial charge is 0.433 e. The van der Waals surface area contributed by atoms with Crippen molar-refractivity contribution < 1.29 is 13.5 Å². The zero-order valence-corrected chi connectivity index (χ0v) is 16.1. The lowest BCUT2D eigenvalue weighted by atomic mass is 10.2. The zero-order valence-electron chi connectivity index (χ0n) is 16.1. The molecule has 1 aromatic carbocycles. The van der Waals surface area contributed by atoms with Crippen LogP contribution in [0.5, 0.6) is 5.75 Å². The molecule has 2 N–H and O–H groups in total. The number of halogens is 2. The SMILES string of the molecule is CN=C(NCCn1cc(C)cn1)NC1CCN(c2ccccc2OC(F)F)C1. The number of para-hydroxylation sites is 2. The molecular formula is C19H26F2N6O. The maximum atomic E-state index is 12.6. The summed E-state index contributed by atoms with van der Waals surface area (Å²) in [6, 6.07) is 7.06. The van der Waals surface area contributed by atoms with E-state index in [1.165, 1.54) is 0 Å². The minimum atomic E-state index is -2.83. The van der Waals surface area contributed by atoms with E-state index in [9.17, 15) is 8.78 Å². The van der Waals surface area contributed by atoms with Crippen LogP contribution in [0.2, 0.25) is 0 Å². The smallest absolute Gasteiger partial charge is 0.387 e. The molecule has 0 bridgehead atoms. The first-order valence-electron chi connectivity index (χ1n) is 9.30. The van der Waals surface area contributed by atoms with Crippen LogP contribution >= 0.6 is 0 Å². The molecule has 0 saturated carbocycles. The number of hydrogen-bond acceptors (Lipinski definition) is 4. The molecule has 1 unspecified atom stereocenters. The molecule has 0 spiro atoms. The van der Waals surface area contributed by atoms with Crippen molar-refractivity contribution in [2.24, 2.45) is 4.99 Å². The van der Waals surface area contributed by atoms with Gasteiger partial charge in [-0.15, -0.1) is 0 Å². The maximum Gasteiger partial charge on any atom is 0.387 e. The third-order valence-corrected chi connectivity index (χ3v) is 4.57. The Hall–Kier alpha value is -2.84. The molecule has 1 aliphatic heterocycles. The van der Waals surface area contributed by atoms with Crippen LogP contribution < -0.4 is 20.3 Å². The second kappa shape index (κ2) is 9.38. The lowest BCUT2D eigenvalue weighted by Gasteiger charge is -2.22. The number of rotatable bonds is 7. The fraction of sp³-hybridized carbons (Fsp3) is 0.474. The zero-order chi connectivity index (χ0) is 19.9. The minimum Gasteiger partial charge on any atom is -0.433 e. The normalized spacial score (nSPS) is 17.2. The van der Waals surface area contributed by atoms with Crippen molar-refractivity contribution in [3.8, 4) is 5.75 Å². The average Bonchev–Trinajstić information content (AvgIpc) is 3.30. The van der Waals surface area contributed by atoms with Crippen LogP contribution in [0.4, 0.5) is 14.5 Å². The number of anilines is 1. The second-order valence-electron chi connectivity index (χ2n) is 6.70. The van der Waals surface area contributed by atoms with Crippen molar-refractivity contribution in [2.45, 2.75) is 32.5 Å². The monoisotopic (exact) mass is 392 g/mol. The molecule has 2 heterocycles. The first kappa shape index (κ1) is 19.9. The molecule has 1 fully saturated rings. The van der Waals surface area contributed by atoms with Gasteiger partial charge in [0.1, 0.15) is 5.75 Å². The van der Waals surface area contributed by atoms with Crippen LogP contribution in [0, 0.1) is 6.92 Å². The molecular weight excluding hydrogens is 366 g/mol. The Balaban J connectivity index is 1.50. The van der Waals surface area contributed by atoms with Crippen LogP contribution in [-0.2, 0) is 6.54 Å². The highest BCUT2D eigenvalue weighted by atomic mass is 19.3. The second-order valence-corrected chi connectivity index (χ2v) is 6.70. The van der Waals surface area contributed by atoms with Crippen molar-refractivity contribution in [3.05, 3.63) is 42.2 Å². The molecule has 9 heteroatoms. The van der Waals surface area contributed by atoms with Crippen molar-refractivity contribution in [2.75, 3.05) is 31.6 Å². The molecule has 0 amide bonds. The first-order valence-corrected chi connectivity index (χ1v) is 9.30. The summed E-state index contributed by atoms with van der Waals surface area (Å²) in [6.45, 7) is 2.05. The first-order chi connectivity index (χ1) is 13.5. The predicted octanol–water partition coefficient (Wildman–Crippen LogP) is 2.24. The number of ether oxygens (including phenoxy) is 1.